The number of amides is 1. The second-order valence-electron chi connectivity index (χ2n) is 6.79. The van der Waals surface area contributed by atoms with E-state index < -0.39 is 5.97 Å². The fourth-order valence-electron chi connectivity index (χ4n) is 3.06. The molecular weight excluding hydrogens is 444 g/mol. The molecule has 0 aliphatic rings. The van der Waals surface area contributed by atoms with Gasteiger partial charge in [0.1, 0.15) is 11.5 Å². The van der Waals surface area contributed by atoms with Gasteiger partial charge in [-0.25, -0.2) is 4.79 Å². The van der Waals surface area contributed by atoms with Gasteiger partial charge in [-0.05, 0) is 50.2 Å². The van der Waals surface area contributed by atoms with Crippen LogP contribution in [0.4, 0.5) is 5.69 Å². The van der Waals surface area contributed by atoms with Gasteiger partial charge >= 0.3 is 5.97 Å². The lowest BCUT2D eigenvalue weighted by molar-refractivity contribution is -0.113. The SMILES string of the molecule is CCOC(=O)c1ccc(NC(=O)CSc2nnc(-c3cc(OC)cc(OC)c3)n2CC)cc1. The number of anilines is 1. The fourth-order valence-corrected chi connectivity index (χ4v) is 3.86. The maximum Gasteiger partial charge on any atom is 0.338 e. The van der Waals surface area contributed by atoms with Crippen molar-refractivity contribution < 1.29 is 23.8 Å². The van der Waals surface area contributed by atoms with Crippen LogP contribution in [-0.4, -0.2) is 53.2 Å². The number of nitrogens with one attached hydrogen (secondary N) is 1. The first-order valence-corrected chi connectivity index (χ1v) is 11.3. The summed E-state index contributed by atoms with van der Waals surface area (Å²) in [5.41, 5.74) is 1.83. The van der Waals surface area contributed by atoms with Gasteiger partial charge in [-0.1, -0.05) is 11.8 Å². The highest BCUT2D eigenvalue weighted by Crippen LogP contribution is 2.30. The van der Waals surface area contributed by atoms with Gasteiger partial charge in [0.2, 0.25) is 5.91 Å². The lowest BCUT2D eigenvalue weighted by Gasteiger charge is -2.10. The van der Waals surface area contributed by atoms with Crippen molar-refractivity contribution in [2.45, 2.75) is 25.5 Å². The summed E-state index contributed by atoms with van der Waals surface area (Å²) in [7, 11) is 3.18. The minimum absolute atomic E-state index is 0.152. The molecule has 0 saturated carbocycles. The van der Waals surface area contributed by atoms with E-state index in [4.69, 9.17) is 14.2 Å². The number of rotatable bonds is 10. The molecule has 0 saturated heterocycles. The third-order valence-electron chi connectivity index (χ3n) is 4.65. The largest absolute Gasteiger partial charge is 0.497 e. The number of ether oxygens (including phenoxy) is 3. The van der Waals surface area contributed by atoms with Crippen LogP contribution in [0.15, 0.2) is 47.6 Å². The highest BCUT2D eigenvalue weighted by Gasteiger charge is 2.16. The molecule has 0 aliphatic heterocycles. The molecule has 0 spiro atoms. The van der Waals surface area contributed by atoms with Crippen LogP contribution in [0.2, 0.25) is 0 Å². The standard InChI is InChI=1S/C23H26N4O5S/c1-5-27-21(16-11-18(30-3)13-19(12-16)31-4)25-26-23(27)33-14-20(28)24-17-9-7-15(8-10-17)22(29)32-6-2/h7-13H,5-6,14H2,1-4H3,(H,24,28). The first-order chi connectivity index (χ1) is 16.0. The summed E-state index contributed by atoms with van der Waals surface area (Å²) in [5, 5.41) is 12.0. The molecular formula is C23H26N4O5S. The Kier molecular flexibility index (Phi) is 8.31. The maximum atomic E-state index is 12.4. The normalized spacial score (nSPS) is 10.5. The lowest BCUT2D eigenvalue weighted by Crippen LogP contribution is -2.15. The predicted octanol–water partition coefficient (Wildman–Crippen LogP) is 3.89. The van der Waals surface area contributed by atoms with Gasteiger partial charge in [-0.2, -0.15) is 0 Å². The Morgan fingerprint density at radius 3 is 2.24 bits per heavy atom. The summed E-state index contributed by atoms with van der Waals surface area (Å²) in [6, 6.07) is 12.1. The number of carbonyl (C=O) groups is 2. The van der Waals surface area contributed by atoms with Crippen LogP contribution in [0.1, 0.15) is 24.2 Å². The fraction of sp³-hybridized carbons (Fsp3) is 0.304. The van der Waals surface area contributed by atoms with Gasteiger partial charge in [-0.3, -0.25) is 4.79 Å². The van der Waals surface area contributed by atoms with Crippen molar-refractivity contribution in [2.75, 3.05) is 31.9 Å². The van der Waals surface area contributed by atoms with Crippen molar-refractivity contribution in [1.82, 2.24) is 14.8 Å². The molecule has 0 aliphatic carbocycles. The number of esters is 1. The average molecular weight is 471 g/mol. The minimum Gasteiger partial charge on any atom is -0.497 e. The van der Waals surface area contributed by atoms with E-state index in [0.29, 0.717) is 46.9 Å². The van der Waals surface area contributed by atoms with Gasteiger partial charge in [-0.15, -0.1) is 10.2 Å². The monoisotopic (exact) mass is 470 g/mol. The van der Waals surface area contributed by atoms with E-state index in [1.165, 1.54) is 11.8 Å². The molecule has 0 unspecified atom stereocenters. The summed E-state index contributed by atoms with van der Waals surface area (Å²) in [6.07, 6.45) is 0. The van der Waals surface area contributed by atoms with Crippen molar-refractivity contribution in [3.8, 4) is 22.9 Å². The number of thioether (sulfide) groups is 1. The molecule has 0 bridgehead atoms. The van der Waals surface area contributed by atoms with Crippen molar-refractivity contribution in [1.29, 1.82) is 0 Å². The minimum atomic E-state index is -0.394. The molecule has 1 amide bonds. The second kappa shape index (κ2) is 11.4. The summed E-state index contributed by atoms with van der Waals surface area (Å²) >= 11 is 1.29. The first kappa shape index (κ1) is 24.1. The number of benzene rings is 2. The van der Waals surface area contributed by atoms with E-state index in [9.17, 15) is 9.59 Å². The Bertz CT molecular complexity index is 1090. The smallest absolute Gasteiger partial charge is 0.338 e. The van der Waals surface area contributed by atoms with E-state index in [2.05, 4.69) is 15.5 Å². The summed E-state index contributed by atoms with van der Waals surface area (Å²) in [4.78, 5) is 24.2. The van der Waals surface area contributed by atoms with Gasteiger partial charge in [0.25, 0.3) is 0 Å². The van der Waals surface area contributed by atoms with Crippen LogP contribution in [0.5, 0.6) is 11.5 Å². The Balaban J connectivity index is 1.67. The quantitative estimate of drug-likeness (QED) is 0.352. The zero-order chi connectivity index (χ0) is 23.8. The Morgan fingerprint density at radius 2 is 1.67 bits per heavy atom. The molecule has 1 N–H and O–H groups in total. The number of nitrogens with zero attached hydrogens (tertiary/aromatic N) is 3. The van der Waals surface area contributed by atoms with Gasteiger partial charge in [0.15, 0.2) is 11.0 Å². The molecule has 0 atom stereocenters. The third-order valence-corrected chi connectivity index (χ3v) is 5.62. The van der Waals surface area contributed by atoms with Gasteiger partial charge < -0.3 is 24.1 Å². The zero-order valence-corrected chi connectivity index (χ0v) is 19.8. The highest BCUT2D eigenvalue weighted by atomic mass is 32.2. The summed E-state index contributed by atoms with van der Waals surface area (Å²) < 4.78 is 17.6. The van der Waals surface area contributed by atoms with Crippen molar-refractivity contribution in [3.63, 3.8) is 0 Å². The molecule has 10 heteroatoms. The van der Waals surface area contributed by atoms with E-state index in [1.54, 1.807) is 51.5 Å². The molecule has 33 heavy (non-hydrogen) atoms. The van der Waals surface area contributed by atoms with Crippen LogP contribution in [0, 0.1) is 0 Å². The molecule has 1 aromatic heterocycles. The maximum absolute atomic E-state index is 12.4. The molecule has 174 valence electrons. The molecule has 2 aromatic carbocycles. The highest BCUT2D eigenvalue weighted by molar-refractivity contribution is 7.99. The summed E-state index contributed by atoms with van der Waals surface area (Å²) in [6.45, 7) is 4.67. The molecule has 1 heterocycles. The third kappa shape index (κ3) is 6.04. The molecule has 0 radical (unpaired) electrons. The number of aromatic nitrogens is 3. The summed E-state index contributed by atoms with van der Waals surface area (Å²) in [5.74, 6) is 1.52. The Hall–Kier alpha value is -3.53. The van der Waals surface area contributed by atoms with Crippen LogP contribution in [-0.2, 0) is 16.1 Å². The number of methoxy groups -OCH3 is 2. The lowest BCUT2D eigenvalue weighted by atomic mass is 10.2. The van der Waals surface area contributed by atoms with Crippen LogP contribution in [0.3, 0.4) is 0 Å². The number of carbonyl (C=O) groups excluding carboxylic acids is 2. The first-order valence-electron chi connectivity index (χ1n) is 10.4. The molecule has 3 rings (SSSR count). The predicted molar refractivity (Wildman–Crippen MR) is 126 cm³/mol. The van der Waals surface area contributed by atoms with Gasteiger partial charge in [0.05, 0.1) is 32.1 Å². The van der Waals surface area contributed by atoms with E-state index in [0.717, 1.165) is 5.56 Å². The number of hydrogen-bond acceptors (Lipinski definition) is 8. The second-order valence-corrected chi connectivity index (χ2v) is 7.73. The van der Waals surface area contributed by atoms with Crippen molar-refractivity contribution >= 4 is 29.3 Å². The zero-order valence-electron chi connectivity index (χ0n) is 19.0. The van der Waals surface area contributed by atoms with Crippen LogP contribution >= 0.6 is 11.8 Å². The van der Waals surface area contributed by atoms with E-state index >= 15 is 0 Å². The molecule has 9 nitrogen and oxygen atoms in total. The molecule has 3 aromatic rings. The topological polar surface area (TPSA) is 105 Å². The van der Waals surface area contributed by atoms with E-state index in [-0.39, 0.29) is 11.7 Å². The number of hydrogen-bond donors (Lipinski definition) is 1. The Labute approximate surface area is 196 Å². The van der Waals surface area contributed by atoms with Crippen molar-refractivity contribution in [2.24, 2.45) is 0 Å². The average Bonchev–Trinajstić information content (AvgIpc) is 3.26. The molecule has 0 fully saturated rings. The van der Waals surface area contributed by atoms with Crippen molar-refractivity contribution in [3.05, 3.63) is 48.0 Å². The van der Waals surface area contributed by atoms with Crippen LogP contribution < -0.4 is 14.8 Å². The van der Waals surface area contributed by atoms with Gasteiger partial charge in [0, 0.05) is 23.9 Å². The van der Waals surface area contributed by atoms with Crippen LogP contribution in [0.25, 0.3) is 11.4 Å². The van der Waals surface area contributed by atoms with E-state index in [1.807, 2.05) is 23.6 Å². The Morgan fingerprint density at radius 1 is 1.00 bits per heavy atom.